The molecule has 3 heterocycles. The maximum atomic E-state index is 13.1. The van der Waals surface area contributed by atoms with Gasteiger partial charge in [0, 0.05) is 12.1 Å². The number of halogens is 4. The number of alkyl halides is 3. The van der Waals surface area contributed by atoms with Crippen LogP contribution in [0.2, 0.25) is 5.02 Å². The number of fused-ring (bicyclic) bond motifs is 1. The van der Waals surface area contributed by atoms with Gasteiger partial charge in [-0.2, -0.15) is 18.3 Å². The van der Waals surface area contributed by atoms with Crippen molar-refractivity contribution in [2.24, 2.45) is 0 Å². The zero-order valence-electron chi connectivity index (χ0n) is 14.4. The number of hydrogen-bond donors (Lipinski definition) is 1. The average Bonchev–Trinajstić information content (AvgIpc) is 3.18. The van der Waals surface area contributed by atoms with Gasteiger partial charge in [0.1, 0.15) is 5.82 Å². The van der Waals surface area contributed by atoms with Crippen LogP contribution in [0.1, 0.15) is 42.1 Å². The molecule has 0 radical (unpaired) electrons. The Balaban J connectivity index is 1.83. The highest BCUT2D eigenvalue weighted by atomic mass is 35.5. The summed E-state index contributed by atoms with van der Waals surface area (Å²) in [4.78, 5) is 2.28. The van der Waals surface area contributed by atoms with Crippen LogP contribution in [0, 0.1) is 0 Å². The van der Waals surface area contributed by atoms with E-state index >= 15 is 0 Å². The van der Waals surface area contributed by atoms with Crippen molar-refractivity contribution in [1.29, 1.82) is 0 Å². The third-order valence-electron chi connectivity index (χ3n) is 5.27. The molecule has 26 heavy (non-hydrogen) atoms. The third-order valence-corrected chi connectivity index (χ3v) is 5.59. The minimum Gasteiger partial charge on any atom is -0.369 e. The Morgan fingerprint density at radius 3 is 2.81 bits per heavy atom. The van der Waals surface area contributed by atoms with Crippen LogP contribution in [0.15, 0.2) is 18.2 Å². The SMILES string of the molecule is CN1CCCCC1c1nn(-c2cc(C(F)(F)F)ccc2Cl)c2c1CCN2. The Morgan fingerprint density at radius 2 is 2.08 bits per heavy atom. The standard InChI is InChI=1S/C18H20ClF3N4/c1-25-9-3-2-4-14(25)16-12-7-8-23-17(12)26(24-16)15-10-11(18(20,21)22)5-6-13(15)19/h5-6,10,14,23H,2-4,7-9H2,1H3. The molecule has 0 saturated carbocycles. The number of rotatable bonds is 2. The molecule has 2 aliphatic rings. The van der Waals surface area contributed by atoms with Crippen molar-refractivity contribution in [3.05, 3.63) is 40.0 Å². The smallest absolute Gasteiger partial charge is 0.369 e. The first-order valence-electron chi connectivity index (χ1n) is 8.79. The van der Waals surface area contributed by atoms with Crippen LogP contribution >= 0.6 is 11.6 Å². The number of benzene rings is 1. The average molecular weight is 385 g/mol. The summed E-state index contributed by atoms with van der Waals surface area (Å²) in [5.41, 5.74) is 1.59. The van der Waals surface area contributed by atoms with Gasteiger partial charge in [-0.05, 0) is 51.1 Å². The Labute approximate surface area is 154 Å². The van der Waals surface area contributed by atoms with Gasteiger partial charge >= 0.3 is 6.18 Å². The Kier molecular flexibility index (Phi) is 4.39. The predicted octanol–water partition coefficient (Wildman–Crippen LogP) is 4.67. The first-order chi connectivity index (χ1) is 12.4. The maximum absolute atomic E-state index is 13.1. The molecule has 140 valence electrons. The van der Waals surface area contributed by atoms with Crippen molar-refractivity contribution >= 4 is 17.4 Å². The van der Waals surface area contributed by atoms with E-state index < -0.39 is 11.7 Å². The topological polar surface area (TPSA) is 33.1 Å². The monoisotopic (exact) mass is 384 g/mol. The van der Waals surface area contributed by atoms with Crippen molar-refractivity contribution < 1.29 is 13.2 Å². The lowest BCUT2D eigenvalue weighted by atomic mass is 9.97. The van der Waals surface area contributed by atoms with E-state index in [1.165, 1.54) is 6.07 Å². The van der Waals surface area contributed by atoms with E-state index in [9.17, 15) is 13.2 Å². The maximum Gasteiger partial charge on any atom is 0.416 e. The van der Waals surface area contributed by atoms with E-state index in [0.717, 1.165) is 68.0 Å². The van der Waals surface area contributed by atoms with Crippen LogP contribution < -0.4 is 5.32 Å². The number of anilines is 1. The molecule has 1 atom stereocenters. The normalized spacial score (nSPS) is 20.9. The summed E-state index contributed by atoms with van der Waals surface area (Å²) >= 11 is 6.24. The minimum atomic E-state index is -4.42. The molecule has 0 bridgehead atoms. The summed E-state index contributed by atoms with van der Waals surface area (Å²) in [6, 6.07) is 3.56. The number of aromatic nitrogens is 2. The van der Waals surface area contributed by atoms with Gasteiger partial charge in [-0.1, -0.05) is 18.0 Å². The fourth-order valence-corrected chi connectivity index (χ4v) is 4.11. The molecule has 1 saturated heterocycles. The minimum absolute atomic E-state index is 0.197. The molecule has 0 amide bonds. The second-order valence-corrected chi connectivity index (χ2v) is 7.36. The number of hydrogen-bond acceptors (Lipinski definition) is 3. The molecule has 1 fully saturated rings. The van der Waals surface area contributed by atoms with Crippen LogP contribution in [-0.4, -0.2) is 34.8 Å². The summed E-state index contributed by atoms with van der Waals surface area (Å²) < 4.78 is 41.0. The summed E-state index contributed by atoms with van der Waals surface area (Å²) in [6.07, 6.45) is -0.292. The van der Waals surface area contributed by atoms with Gasteiger partial charge in [0.05, 0.1) is 28.0 Å². The Hall–Kier alpha value is -1.73. The highest BCUT2D eigenvalue weighted by molar-refractivity contribution is 6.32. The molecule has 8 heteroatoms. The van der Waals surface area contributed by atoms with Crippen LogP contribution in [0.4, 0.5) is 19.0 Å². The third kappa shape index (κ3) is 2.97. The van der Waals surface area contributed by atoms with Gasteiger partial charge < -0.3 is 5.32 Å². The molecule has 0 spiro atoms. The molecule has 1 unspecified atom stereocenters. The quantitative estimate of drug-likeness (QED) is 0.816. The molecule has 0 aliphatic carbocycles. The van der Waals surface area contributed by atoms with E-state index in [1.807, 2.05) is 0 Å². The molecule has 1 N–H and O–H groups in total. The van der Waals surface area contributed by atoms with Gasteiger partial charge in [0.2, 0.25) is 0 Å². The summed E-state index contributed by atoms with van der Waals surface area (Å²) in [7, 11) is 2.08. The molecule has 1 aromatic heterocycles. The van der Waals surface area contributed by atoms with E-state index in [2.05, 4.69) is 17.3 Å². The number of nitrogens with one attached hydrogen (secondary N) is 1. The largest absolute Gasteiger partial charge is 0.416 e. The van der Waals surface area contributed by atoms with E-state index in [0.29, 0.717) is 0 Å². The Bertz CT molecular complexity index is 831. The van der Waals surface area contributed by atoms with Crippen LogP contribution in [0.25, 0.3) is 5.69 Å². The van der Waals surface area contributed by atoms with Crippen LogP contribution in [0.5, 0.6) is 0 Å². The molecule has 4 rings (SSSR count). The summed E-state index contributed by atoms with van der Waals surface area (Å²) in [5.74, 6) is 0.764. The molecular formula is C18H20ClF3N4. The zero-order valence-corrected chi connectivity index (χ0v) is 15.2. The summed E-state index contributed by atoms with van der Waals surface area (Å²) in [5, 5.41) is 8.24. The van der Waals surface area contributed by atoms with Gasteiger partial charge in [0.15, 0.2) is 0 Å². The number of nitrogens with zero attached hydrogens (tertiary/aromatic N) is 3. The predicted molar refractivity (Wildman–Crippen MR) is 95.0 cm³/mol. The van der Waals surface area contributed by atoms with Gasteiger partial charge in [-0.15, -0.1) is 0 Å². The second-order valence-electron chi connectivity index (χ2n) is 6.96. The van der Waals surface area contributed by atoms with Gasteiger partial charge in [0.25, 0.3) is 0 Å². The van der Waals surface area contributed by atoms with Gasteiger partial charge in [-0.3, -0.25) is 4.90 Å². The molecule has 1 aromatic carbocycles. The first-order valence-corrected chi connectivity index (χ1v) is 9.17. The van der Waals surface area contributed by atoms with Crippen LogP contribution in [-0.2, 0) is 12.6 Å². The zero-order chi connectivity index (χ0) is 18.5. The summed E-state index contributed by atoms with van der Waals surface area (Å²) in [6.45, 7) is 1.76. The van der Waals surface area contributed by atoms with Crippen molar-refractivity contribution in [1.82, 2.24) is 14.7 Å². The van der Waals surface area contributed by atoms with Crippen LogP contribution in [0.3, 0.4) is 0 Å². The van der Waals surface area contributed by atoms with E-state index in [4.69, 9.17) is 16.7 Å². The Morgan fingerprint density at radius 1 is 1.27 bits per heavy atom. The van der Waals surface area contributed by atoms with Crippen molar-refractivity contribution in [3.63, 3.8) is 0 Å². The van der Waals surface area contributed by atoms with Crippen molar-refractivity contribution in [2.45, 2.75) is 37.9 Å². The van der Waals surface area contributed by atoms with Crippen molar-refractivity contribution in [3.8, 4) is 5.69 Å². The lowest BCUT2D eigenvalue weighted by Crippen LogP contribution is -2.30. The number of piperidine rings is 1. The van der Waals surface area contributed by atoms with E-state index in [1.54, 1.807) is 4.68 Å². The number of likely N-dealkylation sites (tertiary alicyclic amines) is 1. The first kappa shape index (κ1) is 17.7. The molecule has 4 nitrogen and oxygen atoms in total. The van der Waals surface area contributed by atoms with Gasteiger partial charge in [-0.25, -0.2) is 4.68 Å². The lowest BCUT2D eigenvalue weighted by Gasteiger charge is -2.31. The second kappa shape index (κ2) is 6.46. The lowest BCUT2D eigenvalue weighted by molar-refractivity contribution is -0.137. The van der Waals surface area contributed by atoms with Crippen molar-refractivity contribution in [2.75, 3.05) is 25.5 Å². The molecular weight excluding hydrogens is 365 g/mol. The highest BCUT2D eigenvalue weighted by Crippen LogP contribution is 2.39. The fraction of sp³-hybridized carbons (Fsp3) is 0.500. The highest BCUT2D eigenvalue weighted by Gasteiger charge is 2.34. The molecule has 2 aliphatic heterocycles. The fourth-order valence-electron chi connectivity index (χ4n) is 3.92. The van der Waals surface area contributed by atoms with E-state index in [-0.39, 0.29) is 16.8 Å². The molecule has 2 aromatic rings.